The Hall–Kier alpha value is -3.89. The molecule has 0 heterocycles. The van der Waals surface area contributed by atoms with Crippen molar-refractivity contribution in [3.63, 3.8) is 0 Å². The van der Waals surface area contributed by atoms with E-state index in [4.69, 9.17) is 16.3 Å². The van der Waals surface area contributed by atoms with Crippen molar-refractivity contribution in [1.29, 1.82) is 0 Å². The molecule has 0 aliphatic carbocycles. The number of methoxy groups -OCH3 is 2. The van der Waals surface area contributed by atoms with Gasteiger partial charge in [0.25, 0.3) is 15.9 Å². The third-order valence-electron chi connectivity index (χ3n) is 4.89. The summed E-state index contributed by atoms with van der Waals surface area (Å²) in [6, 6.07) is 14.2. The summed E-state index contributed by atoms with van der Waals surface area (Å²) in [6.45, 7) is 1.84. The summed E-state index contributed by atoms with van der Waals surface area (Å²) in [5, 5.41) is 2.48. The number of sulfonamides is 1. The largest absolute Gasteiger partial charge is 0.465 e. The lowest BCUT2D eigenvalue weighted by Gasteiger charge is -2.13. The number of nitrogens with one attached hydrogen (secondary N) is 2. The van der Waals surface area contributed by atoms with Crippen molar-refractivity contribution in [1.82, 2.24) is 0 Å². The zero-order chi connectivity index (χ0) is 25.8. The lowest BCUT2D eigenvalue weighted by Crippen LogP contribution is -2.17. The van der Waals surface area contributed by atoms with Gasteiger partial charge in [-0.2, -0.15) is 0 Å². The van der Waals surface area contributed by atoms with Crippen molar-refractivity contribution in [2.75, 3.05) is 24.3 Å². The molecule has 2 N–H and O–H groups in total. The van der Waals surface area contributed by atoms with E-state index < -0.39 is 27.9 Å². The van der Waals surface area contributed by atoms with Crippen LogP contribution < -0.4 is 10.0 Å². The van der Waals surface area contributed by atoms with Crippen LogP contribution in [0.15, 0.2) is 65.6 Å². The molecule has 0 spiro atoms. The van der Waals surface area contributed by atoms with Crippen LogP contribution in [0.1, 0.15) is 36.6 Å². The highest BCUT2D eigenvalue weighted by Crippen LogP contribution is 2.26. The van der Waals surface area contributed by atoms with E-state index in [0.29, 0.717) is 0 Å². The molecule has 0 unspecified atom stereocenters. The number of benzene rings is 3. The lowest BCUT2D eigenvalue weighted by atomic mass is 10.1. The number of halogens is 1. The molecule has 0 aliphatic heterocycles. The first-order valence-electron chi connectivity index (χ1n) is 10.1. The summed E-state index contributed by atoms with van der Waals surface area (Å²) in [5.41, 5.74) is 1.17. The Balaban J connectivity index is 1.86. The molecular formula is C24H21ClN2O7S. The van der Waals surface area contributed by atoms with Crippen LogP contribution in [-0.4, -0.2) is 40.5 Å². The lowest BCUT2D eigenvalue weighted by molar-refractivity contribution is 0.0587. The second-order valence-electron chi connectivity index (χ2n) is 7.31. The number of carbonyl (C=O) groups is 3. The predicted molar refractivity (Wildman–Crippen MR) is 131 cm³/mol. The van der Waals surface area contributed by atoms with E-state index in [0.717, 1.165) is 5.56 Å². The normalized spacial score (nSPS) is 10.9. The van der Waals surface area contributed by atoms with Crippen LogP contribution in [0.5, 0.6) is 0 Å². The number of hydrogen-bond donors (Lipinski definition) is 2. The molecule has 3 aromatic rings. The maximum Gasteiger partial charge on any atom is 0.339 e. The smallest absolute Gasteiger partial charge is 0.339 e. The van der Waals surface area contributed by atoms with Crippen LogP contribution in [0.2, 0.25) is 5.02 Å². The fraction of sp³-hybridized carbons (Fsp3) is 0.125. The third kappa shape index (κ3) is 5.97. The molecule has 0 aliphatic rings. The number of carbonyl (C=O) groups excluding carboxylic acids is 3. The minimum atomic E-state index is -3.87. The fourth-order valence-corrected chi connectivity index (χ4v) is 4.38. The van der Waals surface area contributed by atoms with Gasteiger partial charge in [-0.1, -0.05) is 29.3 Å². The highest BCUT2D eigenvalue weighted by atomic mass is 35.5. The van der Waals surface area contributed by atoms with Crippen LogP contribution in [0.4, 0.5) is 11.4 Å². The van der Waals surface area contributed by atoms with Crippen LogP contribution in [-0.2, 0) is 19.5 Å². The zero-order valence-corrected chi connectivity index (χ0v) is 20.5. The average Bonchev–Trinajstić information content (AvgIpc) is 2.83. The summed E-state index contributed by atoms with van der Waals surface area (Å²) < 4.78 is 37.0. The molecule has 3 rings (SSSR count). The number of anilines is 2. The number of aryl methyl sites for hydroxylation is 1. The summed E-state index contributed by atoms with van der Waals surface area (Å²) >= 11 is 6.26. The molecule has 11 heteroatoms. The van der Waals surface area contributed by atoms with Gasteiger partial charge in [-0.15, -0.1) is 0 Å². The average molecular weight is 517 g/mol. The molecule has 9 nitrogen and oxygen atoms in total. The summed E-state index contributed by atoms with van der Waals surface area (Å²) in [4.78, 5) is 36.9. The highest BCUT2D eigenvalue weighted by molar-refractivity contribution is 7.92. The van der Waals surface area contributed by atoms with Crippen molar-refractivity contribution in [3.8, 4) is 0 Å². The number of amides is 1. The first-order chi connectivity index (χ1) is 16.6. The van der Waals surface area contributed by atoms with Crippen LogP contribution in [0.3, 0.4) is 0 Å². The summed E-state index contributed by atoms with van der Waals surface area (Å²) in [6.07, 6.45) is 0. The predicted octanol–water partition coefficient (Wildman–Crippen LogP) is 4.27. The second-order valence-corrected chi connectivity index (χ2v) is 9.40. The van der Waals surface area contributed by atoms with E-state index in [2.05, 4.69) is 14.8 Å². The van der Waals surface area contributed by atoms with Gasteiger partial charge in [0.15, 0.2) is 0 Å². The third-order valence-corrected chi connectivity index (χ3v) is 6.60. The Morgan fingerprint density at radius 3 is 2.06 bits per heavy atom. The number of esters is 2. The van der Waals surface area contributed by atoms with Gasteiger partial charge in [0.1, 0.15) is 0 Å². The molecule has 1 amide bonds. The van der Waals surface area contributed by atoms with E-state index in [1.54, 1.807) is 12.1 Å². The molecule has 0 bridgehead atoms. The minimum absolute atomic E-state index is 0.00392. The molecule has 0 fully saturated rings. The number of ether oxygens (including phenoxy) is 2. The van der Waals surface area contributed by atoms with Crippen LogP contribution in [0, 0.1) is 6.92 Å². The van der Waals surface area contributed by atoms with Crippen molar-refractivity contribution in [2.24, 2.45) is 0 Å². The summed E-state index contributed by atoms with van der Waals surface area (Å²) in [5.74, 6) is -2.10. The molecular weight excluding hydrogens is 496 g/mol. The fourth-order valence-electron chi connectivity index (χ4n) is 3.06. The maximum atomic E-state index is 12.9. The van der Waals surface area contributed by atoms with Crippen molar-refractivity contribution < 1.29 is 32.3 Å². The first-order valence-corrected chi connectivity index (χ1v) is 11.9. The quantitative estimate of drug-likeness (QED) is 0.449. The second kappa shape index (κ2) is 10.6. The van der Waals surface area contributed by atoms with Crippen molar-refractivity contribution >= 4 is 50.8 Å². The van der Waals surface area contributed by atoms with Gasteiger partial charge < -0.3 is 14.8 Å². The van der Waals surface area contributed by atoms with E-state index >= 15 is 0 Å². The first kappa shape index (κ1) is 25.7. The van der Waals surface area contributed by atoms with Gasteiger partial charge in [0.05, 0.1) is 52.2 Å². The molecule has 3 aromatic carbocycles. The Labute approximate surface area is 207 Å². The Bertz CT molecular complexity index is 1400. The van der Waals surface area contributed by atoms with Gasteiger partial charge in [0.2, 0.25) is 0 Å². The van der Waals surface area contributed by atoms with Gasteiger partial charge >= 0.3 is 11.9 Å². The van der Waals surface area contributed by atoms with E-state index in [1.165, 1.54) is 62.8 Å². The molecule has 0 saturated heterocycles. The monoisotopic (exact) mass is 516 g/mol. The summed E-state index contributed by atoms with van der Waals surface area (Å²) in [7, 11) is -1.49. The van der Waals surface area contributed by atoms with Gasteiger partial charge in [-0.3, -0.25) is 9.52 Å². The Morgan fingerprint density at radius 1 is 0.829 bits per heavy atom. The molecule has 0 aromatic heterocycles. The standard InChI is InChI=1S/C24H21ClN2O7S/c1-14-4-8-17(9-5-14)35(31,32)27-16-7-11-18(20(25)13-16)22(28)26-21-12-15(23(29)33-2)6-10-19(21)24(30)34-3/h4-13,27H,1-3H3,(H,26,28). The molecule has 0 saturated carbocycles. The maximum absolute atomic E-state index is 12.9. The molecule has 35 heavy (non-hydrogen) atoms. The minimum Gasteiger partial charge on any atom is -0.465 e. The van der Waals surface area contributed by atoms with E-state index in [-0.39, 0.29) is 38.0 Å². The Morgan fingerprint density at radius 2 is 1.46 bits per heavy atom. The van der Waals surface area contributed by atoms with Crippen molar-refractivity contribution in [3.05, 3.63) is 87.9 Å². The number of hydrogen-bond acceptors (Lipinski definition) is 7. The van der Waals surface area contributed by atoms with Crippen LogP contribution >= 0.6 is 11.6 Å². The highest BCUT2D eigenvalue weighted by Gasteiger charge is 2.20. The topological polar surface area (TPSA) is 128 Å². The number of rotatable bonds is 7. The van der Waals surface area contributed by atoms with Crippen LogP contribution in [0.25, 0.3) is 0 Å². The molecule has 0 atom stereocenters. The van der Waals surface area contributed by atoms with Gasteiger partial charge in [-0.25, -0.2) is 18.0 Å². The SMILES string of the molecule is COC(=O)c1ccc(C(=O)OC)c(NC(=O)c2ccc(NS(=O)(=O)c3ccc(C)cc3)cc2Cl)c1. The Kier molecular flexibility index (Phi) is 7.78. The van der Waals surface area contributed by atoms with Gasteiger partial charge in [0, 0.05) is 0 Å². The molecule has 0 radical (unpaired) electrons. The van der Waals surface area contributed by atoms with E-state index in [9.17, 15) is 22.8 Å². The van der Waals surface area contributed by atoms with E-state index in [1.807, 2.05) is 6.92 Å². The van der Waals surface area contributed by atoms with Crippen molar-refractivity contribution in [2.45, 2.75) is 11.8 Å². The molecule has 182 valence electrons. The zero-order valence-electron chi connectivity index (χ0n) is 18.9. The van der Waals surface area contributed by atoms with Gasteiger partial charge in [-0.05, 0) is 55.5 Å².